The number of carbonyl (C=O) groups excluding carboxylic acids is 1. The first-order chi connectivity index (χ1) is 15.9. The van der Waals surface area contributed by atoms with E-state index in [-0.39, 0.29) is 11.4 Å². The predicted octanol–water partition coefficient (Wildman–Crippen LogP) is 3.58. The van der Waals surface area contributed by atoms with Gasteiger partial charge in [0.25, 0.3) is 0 Å². The lowest BCUT2D eigenvalue weighted by Crippen LogP contribution is -2.41. The van der Waals surface area contributed by atoms with E-state index in [1.165, 1.54) is 36.7 Å². The maximum Gasteiger partial charge on any atom is 0.242 e. The lowest BCUT2D eigenvalue weighted by atomic mass is 10.1. The van der Waals surface area contributed by atoms with E-state index < -0.39 is 22.0 Å². The van der Waals surface area contributed by atoms with E-state index in [1.807, 2.05) is 24.3 Å². The summed E-state index contributed by atoms with van der Waals surface area (Å²) >= 11 is 1.40. The molecule has 7 nitrogen and oxygen atoms in total. The molecule has 1 amide bonds. The maximum atomic E-state index is 12.9. The molecule has 0 saturated carbocycles. The second-order valence-electron chi connectivity index (χ2n) is 7.01. The van der Waals surface area contributed by atoms with Crippen LogP contribution >= 0.6 is 11.5 Å². The Balaban J connectivity index is 1.66. The van der Waals surface area contributed by atoms with Crippen molar-refractivity contribution in [3.8, 4) is 12.3 Å². The molecule has 3 N–H and O–H groups in total. The number of nitrogens with zero attached hydrogens (tertiary/aromatic N) is 1. The highest BCUT2D eigenvalue weighted by Crippen LogP contribution is 2.25. The Kier molecular flexibility index (Phi) is 8.38. The van der Waals surface area contributed by atoms with Gasteiger partial charge in [-0.05, 0) is 48.3 Å². The molecular formula is C24H24N4O3S2. The van der Waals surface area contributed by atoms with Crippen molar-refractivity contribution >= 4 is 43.4 Å². The van der Waals surface area contributed by atoms with Crippen LogP contribution in [0.1, 0.15) is 18.5 Å². The fourth-order valence-electron chi connectivity index (χ4n) is 2.98. The van der Waals surface area contributed by atoms with Gasteiger partial charge in [0, 0.05) is 18.5 Å². The molecule has 1 atom stereocenters. The van der Waals surface area contributed by atoms with Gasteiger partial charge in [-0.15, -0.1) is 6.42 Å². The van der Waals surface area contributed by atoms with E-state index in [4.69, 9.17) is 6.42 Å². The Hall–Kier alpha value is -3.45. The molecule has 9 heteroatoms. The van der Waals surface area contributed by atoms with Gasteiger partial charge in [-0.3, -0.25) is 4.79 Å². The zero-order valence-electron chi connectivity index (χ0n) is 18.0. The minimum absolute atomic E-state index is 0.0415. The summed E-state index contributed by atoms with van der Waals surface area (Å²) in [4.78, 5) is 13.0. The number of rotatable bonds is 10. The normalized spacial score (nSPS) is 13.0. The van der Waals surface area contributed by atoms with Crippen LogP contribution in [0.15, 0.2) is 77.7 Å². The van der Waals surface area contributed by atoms with Crippen LogP contribution in [0.4, 0.5) is 5.82 Å². The Morgan fingerprint density at radius 3 is 2.64 bits per heavy atom. The fourth-order valence-corrected chi connectivity index (χ4v) is 4.73. The van der Waals surface area contributed by atoms with Gasteiger partial charge in [-0.2, -0.15) is 9.10 Å². The van der Waals surface area contributed by atoms with Crippen molar-refractivity contribution in [1.29, 1.82) is 0 Å². The lowest BCUT2D eigenvalue weighted by molar-refractivity contribution is -0.122. The molecule has 0 bridgehead atoms. The van der Waals surface area contributed by atoms with E-state index in [1.54, 1.807) is 30.3 Å². The highest BCUT2D eigenvalue weighted by molar-refractivity contribution is 7.93. The number of amides is 1. The molecule has 3 aromatic rings. The number of carbonyl (C=O) groups is 1. The molecule has 3 rings (SSSR count). The summed E-state index contributed by atoms with van der Waals surface area (Å²) in [6.45, 7) is 2.16. The van der Waals surface area contributed by atoms with E-state index in [9.17, 15) is 13.2 Å². The minimum Gasteiger partial charge on any atom is -0.367 e. The summed E-state index contributed by atoms with van der Waals surface area (Å²) in [5.41, 5.74) is 0.531. The molecular weight excluding hydrogens is 456 g/mol. The van der Waals surface area contributed by atoms with Crippen molar-refractivity contribution in [1.82, 2.24) is 14.4 Å². The highest BCUT2D eigenvalue weighted by atomic mass is 32.2. The van der Waals surface area contributed by atoms with Crippen molar-refractivity contribution in [2.24, 2.45) is 0 Å². The molecule has 2 aromatic carbocycles. The third-order valence-electron chi connectivity index (χ3n) is 4.71. The summed E-state index contributed by atoms with van der Waals surface area (Å²) in [6, 6.07) is 15.5. The average Bonchev–Trinajstić information content (AvgIpc) is 3.24. The number of hydrogen-bond acceptors (Lipinski definition) is 6. The number of aromatic nitrogens is 1. The molecule has 0 spiro atoms. The number of nitrogens with one attached hydrogen (secondary N) is 3. The standard InChI is InChI=1S/C24H24N4O3S2/c1-3-4-6-11-18(2)33(30,31)28-22(19-12-7-5-8-13-19)24(29)26-17-16-25-23-20-14-9-10-15-21(20)32-27-23/h1,4-15,22,28H,16-17H2,2H3,(H,25,27)(H,26,29)/b6-4-,18-11+/t22-/m0/s1. The molecule has 170 valence electrons. The Morgan fingerprint density at radius 2 is 1.88 bits per heavy atom. The van der Waals surface area contributed by atoms with Crippen LogP contribution in [0.25, 0.3) is 10.1 Å². The van der Waals surface area contributed by atoms with Crippen LogP contribution in [0.5, 0.6) is 0 Å². The second kappa shape index (κ2) is 11.4. The summed E-state index contributed by atoms with van der Waals surface area (Å²) in [5, 5.41) is 7.02. The zero-order chi connectivity index (χ0) is 23.7. The number of fused-ring (bicyclic) bond motifs is 1. The summed E-state index contributed by atoms with van der Waals surface area (Å²) in [7, 11) is -3.92. The van der Waals surface area contributed by atoms with Gasteiger partial charge in [0.2, 0.25) is 15.9 Å². The van der Waals surface area contributed by atoms with Gasteiger partial charge >= 0.3 is 0 Å². The number of anilines is 1. The molecule has 1 aromatic heterocycles. The van der Waals surface area contributed by atoms with E-state index >= 15 is 0 Å². The molecule has 1 heterocycles. The van der Waals surface area contributed by atoms with Crippen LogP contribution in [0.3, 0.4) is 0 Å². The first-order valence-corrected chi connectivity index (χ1v) is 12.4. The van der Waals surface area contributed by atoms with Gasteiger partial charge in [-0.25, -0.2) is 8.42 Å². The van der Waals surface area contributed by atoms with Crippen LogP contribution in [0.2, 0.25) is 0 Å². The summed E-state index contributed by atoms with van der Waals surface area (Å²) < 4.78 is 33.5. The molecule has 33 heavy (non-hydrogen) atoms. The van der Waals surface area contributed by atoms with Crippen LogP contribution in [0, 0.1) is 12.3 Å². The first-order valence-electron chi connectivity index (χ1n) is 10.1. The molecule has 0 saturated heterocycles. The van der Waals surface area contributed by atoms with Crippen molar-refractivity contribution in [2.45, 2.75) is 13.0 Å². The van der Waals surface area contributed by atoms with Gasteiger partial charge in [0.15, 0.2) is 0 Å². The monoisotopic (exact) mass is 480 g/mol. The Labute approximate surface area is 197 Å². The number of terminal acetylenes is 1. The predicted molar refractivity (Wildman–Crippen MR) is 134 cm³/mol. The smallest absolute Gasteiger partial charge is 0.242 e. The topological polar surface area (TPSA) is 100 Å². The van der Waals surface area contributed by atoms with Crippen LogP contribution < -0.4 is 15.4 Å². The zero-order valence-corrected chi connectivity index (χ0v) is 19.6. The number of allylic oxidation sites excluding steroid dienone is 4. The molecule has 0 aliphatic rings. The largest absolute Gasteiger partial charge is 0.367 e. The lowest BCUT2D eigenvalue weighted by Gasteiger charge is -2.19. The average molecular weight is 481 g/mol. The third-order valence-corrected chi connectivity index (χ3v) is 7.07. The minimum atomic E-state index is -3.92. The number of hydrogen-bond donors (Lipinski definition) is 3. The highest BCUT2D eigenvalue weighted by Gasteiger charge is 2.26. The van der Waals surface area contributed by atoms with Crippen molar-refractivity contribution < 1.29 is 13.2 Å². The molecule has 0 fully saturated rings. The Bertz CT molecular complexity index is 1310. The van der Waals surface area contributed by atoms with Gasteiger partial charge in [0.1, 0.15) is 11.9 Å². The maximum absolute atomic E-state index is 12.9. The summed E-state index contributed by atoms with van der Waals surface area (Å²) in [5.74, 6) is 2.59. The number of benzene rings is 2. The summed E-state index contributed by atoms with van der Waals surface area (Å²) in [6.07, 6.45) is 9.37. The molecule has 0 aliphatic heterocycles. The number of sulfonamides is 1. The molecule has 0 aliphatic carbocycles. The molecule has 0 unspecified atom stereocenters. The first kappa shape index (κ1) is 24.2. The second-order valence-corrected chi connectivity index (χ2v) is 9.70. The quantitative estimate of drug-likeness (QED) is 0.234. The van der Waals surface area contributed by atoms with E-state index in [0.29, 0.717) is 12.1 Å². The van der Waals surface area contributed by atoms with Crippen LogP contribution in [-0.2, 0) is 14.8 Å². The Morgan fingerprint density at radius 1 is 1.15 bits per heavy atom. The SMILES string of the molecule is C#C/C=C\C=C(/C)S(=O)(=O)N[C@H](C(=O)NCCNc1nsc2ccccc12)c1ccccc1. The van der Waals surface area contributed by atoms with Crippen LogP contribution in [-0.4, -0.2) is 31.8 Å². The van der Waals surface area contributed by atoms with Gasteiger partial charge in [0.05, 0.1) is 9.61 Å². The van der Waals surface area contributed by atoms with Gasteiger partial charge in [-0.1, -0.05) is 54.5 Å². The van der Waals surface area contributed by atoms with E-state index in [2.05, 4.69) is 25.6 Å². The van der Waals surface area contributed by atoms with Crippen molar-refractivity contribution in [3.63, 3.8) is 0 Å². The molecule has 0 radical (unpaired) electrons. The van der Waals surface area contributed by atoms with E-state index in [0.717, 1.165) is 15.9 Å². The fraction of sp³-hybridized carbons (Fsp3) is 0.167. The van der Waals surface area contributed by atoms with Crippen molar-refractivity contribution in [3.05, 3.63) is 83.3 Å². The third kappa shape index (κ3) is 6.52. The van der Waals surface area contributed by atoms with Gasteiger partial charge < -0.3 is 10.6 Å². The van der Waals surface area contributed by atoms with Crippen molar-refractivity contribution in [2.75, 3.05) is 18.4 Å².